The minimum absolute atomic E-state index is 0.0796. The molecular weight excluding hydrogens is 542 g/mol. The lowest BCUT2D eigenvalue weighted by atomic mass is 10.2. The minimum Gasteiger partial charge on any atom is -0.490 e. The van der Waals surface area contributed by atoms with Crippen molar-refractivity contribution >= 4 is 54.9 Å². The Labute approximate surface area is 214 Å². The molecule has 1 amide bonds. The molecule has 34 heavy (non-hydrogen) atoms. The highest BCUT2D eigenvalue weighted by atomic mass is 79.9. The summed E-state index contributed by atoms with van der Waals surface area (Å²) in [5, 5.41) is 5.62. The molecule has 0 bridgehead atoms. The van der Waals surface area contributed by atoms with Gasteiger partial charge >= 0.3 is 0 Å². The number of halogens is 1. The molecule has 1 saturated heterocycles. The number of thiocarbonyl (C=S) groups is 1. The van der Waals surface area contributed by atoms with Crippen LogP contribution in [0.15, 0.2) is 51.8 Å². The van der Waals surface area contributed by atoms with Crippen LogP contribution in [0.3, 0.4) is 0 Å². The Kier molecular flexibility index (Phi) is 9.84. The standard InChI is InChI=1S/C23H28BrN3O5S2/c1-31-14-15-32-21-11-6-17(24)16-20(21)22(28)26-23(33)25-18-7-9-19(10-8-18)34(29,30)27-12-4-2-3-5-13-27/h6-11,16H,2-5,12-15H2,1H3,(H2,25,26,28,33). The van der Waals surface area contributed by atoms with E-state index >= 15 is 0 Å². The molecule has 1 heterocycles. The van der Waals surface area contributed by atoms with Crippen molar-refractivity contribution in [3.63, 3.8) is 0 Å². The Morgan fingerprint density at radius 1 is 1.06 bits per heavy atom. The first kappa shape index (κ1) is 26.6. The van der Waals surface area contributed by atoms with Gasteiger partial charge in [0, 0.05) is 30.4 Å². The van der Waals surface area contributed by atoms with Crippen molar-refractivity contribution in [2.24, 2.45) is 0 Å². The Morgan fingerprint density at radius 2 is 1.74 bits per heavy atom. The summed E-state index contributed by atoms with van der Waals surface area (Å²) in [6.07, 6.45) is 3.87. The smallest absolute Gasteiger partial charge is 0.261 e. The molecule has 1 fully saturated rings. The van der Waals surface area contributed by atoms with Gasteiger partial charge < -0.3 is 14.8 Å². The van der Waals surface area contributed by atoms with E-state index < -0.39 is 15.9 Å². The third-order valence-corrected chi connectivity index (χ3v) is 7.88. The van der Waals surface area contributed by atoms with Gasteiger partial charge in [-0.3, -0.25) is 10.1 Å². The van der Waals surface area contributed by atoms with Crippen molar-refractivity contribution in [3.05, 3.63) is 52.5 Å². The van der Waals surface area contributed by atoms with Gasteiger partial charge in [-0.15, -0.1) is 0 Å². The van der Waals surface area contributed by atoms with Crippen LogP contribution in [-0.4, -0.2) is 57.2 Å². The Bertz CT molecular complexity index is 1100. The first-order chi connectivity index (χ1) is 16.3. The fraction of sp³-hybridized carbons (Fsp3) is 0.391. The number of anilines is 1. The number of hydrogen-bond acceptors (Lipinski definition) is 6. The average Bonchev–Trinajstić information content (AvgIpc) is 3.11. The molecule has 0 aliphatic carbocycles. The second-order valence-electron chi connectivity index (χ2n) is 7.73. The van der Waals surface area contributed by atoms with E-state index in [2.05, 4.69) is 26.6 Å². The van der Waals surface area contributed by atoms with Gasteiger partial charge in [-0.25, -0.2) is 8.42 Å². The molecule has 11 heteroatoms. The Hall–Kier alpha value is -2.05. The van der Waals surface area contributed by atoms with Crippen LogP contribution in [0.1, 0.15) is 36.0 Å². The summed E-state index contributed by atoms with van der Waals surface area (Å²) in [5.74, 6) is -0.0322. The molecule has 2 aromatic carbocycles. The average molecular weight is 571 g/mol. The van der Waals surface area contributed by atoms with E-state index in [0.29, 0.717) is 43.3 Å². The van der Waals surface area contributed by atoms with Crippen LogP contribution in [0.5, 0.6) is 5.75 Å². The molecule has 1 aliphatic heterocycles. The number of amides is 1. The number of nitrogens with zero attached hydrogens (tertiary/aromatic N) is 1. The van der Waals surface area contributed by atoms with Gasteiger partial charge in [-0.05, 0) is 67.5 Å². The number of hydrogen-bond donors (Lipinski definition) is 2. The maximum Gasteiger partial charge on any atom is 0.261 e. The van der Waals surface area contributed by atoms with Crippen molar-refractivity contribution in [3.8, 4) is 5.75 Å². The van der Waals surface area contributed by atoms with Gasteiger partial charge in [-0.2, -0.15) is 4.31 Å². The van der Waals surface area contributed by atoms with Gasteiger partial charge in [0.15, 0.2) is 5.11 Å². The summed E-state index contributed by atoms with van der Waals surface area (Å²) >= 11 is 8.64. The van der Waals surface area contributed by atoms with Crippen LogP contribution >= 0.6 is 28.1 Å². The predicted octanol–water partition coefficient (Wildman–Crippen LogP) is 4.17. The third kappa shape index (κ3) is 7.22. The second kappa shape index (κ2) is 12.6. The lowest BCUT2D eigenvalue weighted by Gasteiger charge is -2.20. The lowest BCUT2D eigenvalue weighted by Crippen LogP contribution is -2.34. The fourth-order valence-electron chi connectivity index (χ4n) is 3.51. The molecule has 1 aliphatic rings. The van der Waals surface area contributed by atoms with Crippen molar-refractivity contribution in [2.75, 3.05) is 38.7 Å². The highest BCUT2D eigenvalue weighted by molar-refractivity contribution is 9.10. The number of rotatable bonds is 8. The normalized spacial score (nSPS) is 14.8. The van der Waals surface area contributed by atoms with E-state index in [9.17, 15) is 13.2 Å². The number of carbonyl (C=O) groups excluding carboxylic acids is 1. The summed E-state index contributed by atoms with van der Waals surface area (Å²) in [5.41, 5.74) is 0.874. The van der Waals surface area contributed by atoms with Gasteiger partial charge in [0.25, 0.3) is 5.91 Å². The van der Waals surface area contributed by atoms with Crippen LogP contribution in [0.25, 0.3) is 0 Å². The predicted molar refractivity (Wildman–Crippen MR) is 139 cm³/mol. The molecule has 0 unspecified atom stereocenters. The van der Waals surface area contributed by atoms with Crippen LogP contribution in [-0.2, 0) is 14.8 Å². The molecule has 0 spiro atoms. The molecule has 3 rings (SSSR count). The van der Waals surface area contributed by atoms with Gasteiger partial charge in [0.05, 0.1) is 17.1 Å². The molecule has 184 valence electrons. The topological polar surface area (TPSA) is 97.0 Å². The summed E-state index contributed by atoms with van der Waals surface area (Å²) in [7, 11) is -1.96. The van der Waals surface area contributed by atoms with Crippen molar-refractivity contribution in [1.82, 2.24) is 9.62 Å². The van der Waals surface area contributed by atoms with Crippen LogP contribution in [0, 0.1) is 0 Å². The molecule has 2 N–H and O–H groups in total. The highest BCUT2D eigenvalue weighted by Crippen LogP contribution is 2.24. The molecule has 8 nitrogen and oxygen atoms in total. The fourth-order valence-corrected chi connectivity index (χ4v) is 5.60. The number of methoxy groups -OCH3 is 1. The second-order valence-corrected chi connectivity index (χ2v) is 11.0. The molecular formula is C23H28BrN3O5S2. The lowest BCUT2D eigenvalue weighted by molar-refractivity contribution is 0.0969. The number of sulfonamides is 1. The molecule has 0 aromatic heterocycles. The number of ether oxygens (including phenoxy) is 2. The van der Waals surface area contributed by atoms with Gasteiger partial charge in [-0.1, -0.05) is 28.8 Å². The van der Waals surface area contributed by atoms with Crippen LogP contribution in [0.4, 0.5) is 5.69 Å². The van der Waals surface area contributed by atoms with E-state index in [-0.39, 0.29) is 10.0 Å². The third-order valence-electron chi connectivity index (χ3n) is 5.27. The van der Waals surface area contributed by atoms with Gasteiger partial charge in [0.2, 0.25) is 10.0 Å². The van der Waals surface area contributed by atoms with E-state index in [1.807, 2.05) is 0 Å². The minimum atomic E-state index is -3.53. The first-order valence-corrected chi connectivity index (χ1v) is 13.6. The summed E-state index contributed by atoms with van der Waals surface area (Å²) in [6.45, 7) is 1.78. The molecule has 0 atom stereocenters. The van der Waals surface area contributed by atoms with Crippen molar-refractivity contribution in [1.29, 1.82) is 0 Å². The summed E-state index contributed by atoms with van der Waals surface area (Å²) in [6, 6.07) is 11.4. The first-order valence-electron chi connectivity index (χ1n) is 10.9. The van der Waals surface area contributed by atoms with Crippen LogP contribution in [0.2, 0.25) is 0 Å². The number of carbonyl (C=O) groups is 1. The van der Waals surface area contributed by atoms with Crippen molar-refractivity contribution < 1.29 is 22.7 Å². The maximum atomic E-state index is 12.9. The van der Waals surface area contributed by atoms with E-state index in [1.165, 1.54) is 0 Å². The Morgan fingerprint density at radius 3 is 2.38 bits per heavy atom. The maximum absolute atomic E-state index is 12.9. The molecule has 0 saturated carbocycles. The van der Waals surface area contributed by atoms with Crippen LogP contribution < -0.4 is 15.4 Å². The number of benzene rings is 2. The monoisotopic (exact) mass is 569 g/mol. The molecule has 2 aromatic rings. The summed E-state index contributed by atoms with van der Waals surface area (Å²) < 4.78 is 38.7. The highest BCUT2D eigenvalue weighted by Gasteiger charge is 2.25. The SMILES string of the molecule is COCCOc1ccc(Br)cc1C(=O)NC(=S)Nc1ccc(S(=O)(=O)N2CCCCCC2)cc1. The molecule has 0 radical (unpaired) electrons. The quantitative estimate of drug-likeness (QED) is 0.364. The zero-order chi connectivity index (χ0) is 24.6. The van der Waals surface area contributed by atoms with E-state index in [0.717, 1.165) is 30.2 Å². The Balaban J connectivity index is 1.63. The van der Waals surface area contributed by atoms with Crippen molar-refractivity contribution in [2.45, 2.75) is 30.6 Å². The zero-order valence-electron chi connectivity index (χ0n) is 18.9. The van der Waals surface area contributed by atoms with E-state index in [1.54, 1.807) is 53.9 Å². The number of nitrogens with one attached hydrogen (secondary N) is 2. The van der Waals surface area contributed by atoms with Gasteiger partial charge in [0.1, 0.15) is 12.4 Å². The van der Waals surface area contributed by atoms with E-state index in [4.69, 9.17) is 21.7 Å². The summed E-state index contributed by atoms with van der Waals surface area (Å²) in [4.78, 5) is 13.0. The largest absolute Gasteiger partial charge is 0.490 e. The zero-order valence-corrected chi connectivity index (χ0v) is 22.1.